The van der Waals surface area contributed by atoms with Gasteiger partial charge in [0.15, 0.2) is 0 Å². The Morgan fingerprint density at radius 3 is 2.04 bits per heavy atom. The molecule has 0 fully saturated rings. The Balaban J connectivity index is 2.21. The second-order valence-electron chi connectivity index (χ2n) is 6.50. The highest BCUT2D eigenvalue weighted by Gasteiger charge is 2.72. The van der Waals surface area contributed by atoms with Crippen molar-refractivity contribution in [2.45, 2.75) is 24.8 Å². The van der Waals surface area contributed by atoms with Gasteiger partial charge in [0.2, 0.25) is 0 Å². The van der Waals surface area contributed by atoms with Crippen molar-refractivity contribution in [2.75, 3.05) is 0 Å². The average molecular weight is 311 g/mol. The predicted molar refractivity (Wildman–Crippen MR) is 81.3 cm³/mol. The summed E-state index contributed by atoms with van der Waals surface area (Å²) < 4.78 is 14.1. The molecule has 0 radical (unpaired) electrons. The number of carbonyl (C=O) groups is 1. The molecule has 0 aromatic heterocycles. The van der Waals surface area contributed by atoms with E-state index in [0.717, 1.165) is 11.1 Å². The van der Waals surface area contributed by atoms with Gasteiger partial charge in [0, 0.05) is 22.0 Å². The number of benzene rings is 2. The molecule has 1 unspecified atom stereocenters. The van der Waals surface area contributed by atoms with E-state index in [1.54, 1.807) is 24.3 Å². The summed E-state index contributed by atoms with van der Waals surface area (Å²) in [5, 5.41) is 12.3. The Hall–Kier alpha value is -2.56. The molecule has 2 aromatic rings. The average Bonchev–Trinajstić information content (AvgIpc) is 2.54. The number of carbonyl (C=O) groups excluding carboxylic acids is 1. The molecule has 0 spiro atoms. The molecule has 0 saturated heterocycles. The largest absolute Gasteiger partial charge is 0.315 e. The molecule has 3 aliphatic carbocycles. The maximum Gasteiger partial charge on any atom is 0.315 e. The van der Waals surface area contributed by atoms with Crippen LogP contribution in [0.15, 0.2) is 48.5 Å². The van der Waals surface area contributed by atoms with Crippen LogP contribution in [-0.2, 0) is 10.3 Å². The number of halogens is 1. The standard InChI is InChI=1S/C18H14FNO3/c1-17(16(19)21)10-13-11-6-2-4-8-14(11)18(17,20(22)23)15-9-5-3-7-12(13)15/h2-9,13H,10H2,1H3. The minimum Gasteiger partial charge on any atom is -0.263 e. The molecule has 1 atom stereocenters. The Bertz CT molecular complexity index is 815. The second-order valence-corrected chi connectivity index (χ2v) is 6.50. The molecule has 0 N–H and O–H groups in total. The van der Waals surface area contributed by atoms with Crippen LogP contribution in [0.3, 0.4) is 0 Å². The van der Waals surface area contributed by atoms with Crippen molar-refractivity contribution in [1.29, 1.82) is 0 Å². The lowest BCUT2D eigenvalue weighted by Crippen LogP contribution is -2.60. The van der Waals surface area contributed by atoms with Gasteiger partial charge < -0.3 is 0 Å². The number of nitro groups is 1. The zero-order valence-electron chi connectivity index (χ0n) is 12.5. The summed E-state index contributed by atoms with van der Waals surface area (Å²) in [5.74, 6) is -0.200. The Morgan fingerprint density at radius 1 is 1.13 bits per heavy atom. The van der Waals surface area contributed by atoms with E-state index >= 15 is 0 Å². The summed E-state index contributed by atoms with van der Waals surface area (Å²) in [5.41, 5.74) is -1.06. The van der Waals surface area contributed by atoms with Crippen LogP contribution in [0.4, 0.5) is 4.39 Å². The Morgan fingerprint density at radius 2 is 1.61 bits per heavy atom. The number of fused-ring (bicyclic) bond motifs is 1. The molecule has 0 saturated carbocycles. The first-order valence-corrected chi connectivity index (χ1v) is 7.48. The van der Waals surface area contributed by atoms with Crippen molar-refractivity contribution in [2.24, 2.45) is 5.41 Å². The molecule has 2 aromatic carbocycles. The van der Waals surface area contributed by atoms with Gasteiger partial charge in [-0.25, -0.2) is 0 Å². The molecule has 0 heterocycles. The molecular weight excluding hydrogens is 297 g/mol. The fraction of sp³-hybridized carbons (Fsp3) is 0.278. The fourth-order valence-electron chi connectivity index (χ4n) is 4.56. The molecular formula is C18H14FNO3. The Kier molecular flexibility index (Phi) is 2.60. The van der Waals surface area contributed by atoms with Crippen molar-refractivity contribution < 1.29 is 14.1 Å². The number of hydrogen-bond acceptors (Lipinski definition) is 3. The van der Waals surface area contributed by atoms with E-state index in [2.05, 4.69) is 0 Å². The third kappa shape index (κ3) is 1.38. The van der Waals surface area contributed by atoms with Gasteiger partial charge in [0.25, 0.3) is 5.54 Å². The summed E-state index contributed by atoms with van der Waals surface area (Å²) in [6.45, 7) is 1.39. The van der Waals surface area contributed by atoms with Crippen LogP contribution >= 0.6 is 0 Å². The summed E-state index contributed by atoms with van der Waals surface area (Å²) in [6, 6.07) is 12.4. The predicted octanol–water partition coefficient (Wildman–Crippen LogP) is 3.56. The third-order valence-electron chi connectivity index (χ3n) is 5.57. The molecule has 0 aliphatic heterocycles. The molecule has 116 valence electrons. The fourth-order valence-corrected chi connectivity index (χ4v) is 4.56. The van der Waals surface area contributed by atoms with Gasteiger partial charge in [-0.3, -0.25) is 14.9 Å². The third-order valence-corrected chi connectivity index (χ3v) is 5.57. The summed E-state index contributed by atoms with van der Waals surface area (Å²) in [7, 11) is 0. The van der Waals surface area contributed by atoms with E-state index in [0.29, 0.717) is 11.1 Å². The first kappa shape index (κ1) is 14.1. The van der Waals surface area contributed by atoms with Gasteiger partial charge in [-0.2, -0.15) is 4.39 Å². The van der Waals surface area contributed by atoms with Crippen molar-refractivity contribution in [1.82, 2.24) is 0 Å². The molecule has 0 amide bonds. The summed E-state index contributed by atoms with van der Waals surface area (Å²) >= 11 is 0. The lowest BCUT2D eigenvalue weighted by molar-refractivity contribution is -0.587. The molecule has 2 bridgehead atoms. The number of rotatable bonds is 2. The van der Waals surface area contributed by atoms with Crippen LogP contribution in [0.2, 0.25) is 0 Å². The van der Waals surface area contributed by atoms with Gasteiger partial charge in [-0.1, -0.05) is 48.5 Å². The topological polar surface area (TPSA) is 60.2 Å². The summed E-state index contributed by atoms with van der Waals surface area (Å²) in [6.07, 6.45) is 0.108. The van der Waals surface area contributed by atoms with Crippen LogP contribution in [-0.4, -0.2) is 11.0 Å². The molecule has 5 rings (SSSR count). The second kappa shape index (κ2) is 4.25. The van der Waals surface area contributed by atoms with E-state index in [1.807, 2.05) is 24.3 Å². The maximum absolute atomic E-state index is 14.1. The van der Waals surface area contributed by atoms with Crippen molar-refractivity contribution in [3.63, 3.8) is 0 Å². The Labute approximate surface area is 132 Å². The van der Waals surface area contributed by atoms with E-state index in [9.17, 15) is 19.3 Å². The lowest BCUT2D eigenvalue weighted by Gasteiger charge is -2.51. The van der Waals surface area contributed by atoms with E-state index in [1.165, 1.54) is 6.92 Å². The zero-order chi connectivity index (χ0) is 16.4. The maximum atomic E-state index is 14.1. The highest BCUT2D eigenvalue weighted by molar-refractivity contribution is 5.81. The van der Waals surface area contributed by atoms with Gasteiger partial charge >= 0.3 is 6.04 Å². The molecule has 4 nitrogen and oxygen atoms in total. The van der Waals surface area contributed by atoms with Gasteiger partial charge in [-0.15, -0.1) is 0 Å². The zero-order valence-corrected chi connectivity index (χ0v) is 12.5. The molecule has 23 heavy (non-hydrogen) atoms. The molecule has 3 aliphatic rings. The van der Waals surface area contributed by atoms with Gasteiger partial charge in [-0.05, 0) is 24.5 Å². The quantitative estimate of drug-likeness (QED) is 0.484. The smallest absolute Gasteiger partial charge is 0.263 e. The SMILES string of the molecule is CC1(C(=O)F)CC2c3ccccc3C1([N+](=O)[O-])c1ccccc12. The highest BCUT2D eigenvalue weighted by Crippen LogP contribution is 2.64. The minimum atomic E-state index is -1.87. The van der Waals surface area contributed by atoms with Crippen molar-refractivity contribution in [3.05, 3.63) is 80.9 Å². The van der Waals surface area contributed by atoms with Gasteiger partial charge in [0.1, 0.15) is 5.41 Å². The summed E-state index contributed by atoms with van der Waals surface area (Å²) in [4.78, 5) is 23.7. The van der Waals surface area contributed by atoms with Crippen LogP contribution in [0.1, 0.15) is 41.5 Å². The van der Waals surface area contributed by atoms with Crippen molar-refractivity contribution in [3.8, 4) is 0 Å². The molecule has 5 heteroatoms. The highest BCUT2D eigenvalue weighted by atomic mass is 19.1. The van der Waals surface area contributed by atoms with Crippen LogP contribution in [0, 0.1) is 15.5 Å². The van der Waals surface area contributed by atoms with Crippen molar-refractivity contribution >= 4 is 6.04 Å². The van der Waals surface area contributed by atoms with E-state index in [4.69, 9.17) is 0 Å². The monoisotopic (exact) mass is 311 g/mol. The van der Waals surface area contributed by atoms with Crippen LogP contribution in [0.25, 0.3) is 0 Å². The lowest BCUT2D eigenvalue weighted by atomic mass is 9.49. The normalized spacial score (nSPS) is 30.4. The van der Waals surface area contributed by atoms with Gasteiger partial charge in [0.05, 0.1) is 0 Å². The number of nitrogens with zero attached hydrogens (tertiary/aromatic N) is 1. The minimum absolute atomic E-state index is 0.108. The first-order chi connectivity index (χ1) is 10.9. The van der Waals surface area contributed by atoms with Crippen LogP contribution in [0.5, 0.6) is 0 Å². The first-order valence-electron chi connectivity index (χ1n) is 7.48. The van der Waals surface area contributed by atoms with Crippen LogP contribution < -0.4 is 0 Å². The van der Waals surface area contributed by atoms with E-state index < -0.39 is 21.9 Å². The van der Waals surface area contributed by atoms with E-state index in [-0.39, 0.29) is 12.3 Å². The number of hydrogen-bond donors (Lipinski definition) is 0.